The lowest BCUT2D eigenvalue weighted by Gasteiger charge is -2.12. The predicted molar refractivity (Wildman–Crippen MR) is 95.8 cm³/mol. The fourth-order valence-corrected chi connectivity index (χ4v) is 2.43. The van der Waals surface area contributed by atoms with Crippen LogP contribution in [0.2, 0.25) is 0 Å². The summed E-state index contributed by atoms with van der Waals surface area (Å²) in [5, 5.41) is 0. The van der Waals surface area contributed by atoms with Gasteiger partial charge in [-0.15, -0.1) is 0 Å². The minimum atomic E-state index is 0.152. The van der Waals surface area contributed by atoms with Crippen LogP contribution in [0.15, 0.2) is 59.6 Å². The summed E-state index contributed by atoms with van der Waals surface area (Å²) in [4.78, 5) is 18.2. The van der Waals surface area contributed by atoms with Crippen LogP contribution in [0.4, 0.5) is 0 Å². The summed E-state index contributed by atoms with van der Waals surface area (Å²) in [6.07, 6.45) is 1.27. The molecular weight excluding hydrogens is 284 g/mol. The molecule has 2 aromatic rings. The molecule has 0 aliphatic carbocycles. The fourth-order valence-electron chi connectivity index (χ4n) is 2.43. The zero-order valence-corrected chi connectivity index (χ0v) is 14.1. The van der Waals surface area contributed by atoms with E-state index in [1.165, 1.54) is 11.1 Å². The van der Waals surface area contributed by atoms with Crippen LogP contribution in [0.25, 0.3) is 0 Å². The van der Waals surface area contributed by atoms with Gasteiger partial charge < -0.3 is 4.90 Å². The lowest BCUT2D eigenvalue weighted by molar-refractivity contribution is -0.128. The van der Waals surface area contributed by atoms with Crippen LogP contribution in [-0.2, 0) is 17.8 Å². The highest BCUT2D eigenvalue weighted by Crippen LogP contribution is 2.14. The zero-order chi connectivity index (χ0) is 16.7. The molecule has 3 nitrogen and oxygen atoms in total. The molecule has 0 N–H and O–H groups in total. The third kappa shape index (κ3) is 5.06. The zero-order valence-electron chi connectivity index (χ0n) is 14.1. The standard InChI is InChI=1S/C20H24N2O/c1-16(21-15-17-9-5-4-6-10-17)19-12-8-7-11-18(19)13-14-20(23)22(2)3/h4-12H,13-15H2,1-3H3. The summed E-state index contributed by atoms with van der Waals surface area (Å²) >= 11 is 0. The van der Waals surface area contributed by atoms with Gasteiger partial charge in [-0.1, -0.05) is 54.6 Å². The van der Waals surface area contributed by atoms with Crippen molar-refractivity contribution in [2.75, 3.05) is 14.1 Å². The van der Waals surface area contributed by atoms with E-state index in [2.05, 4.69) is 24.3 Å². The molecular formula is C20H24N2O. The van der Waals surface area contributed by atoms with Crippen LogP contribution in [0.5, 0.6) is 0 Å². The molecule has 0 unspecified atom stereocenters. The van der Waals surface area contributed by atoms with Crippen molar-refractivity contribution in [2.24, 2.45) is 4.99 Å². The maximum absolute atomic E-state index is 11.8. The van der Waals surface area contributed by atoms with Crippen molar-refractivity contribution >= 4 is 11.6 Å². The molecule has 0 aliphatic heterocycles. The molecule has 23 heavy (non-hydrogen) atoms. The van der Waals surface area contributed by atoms with E-state index in [1.54, 1.807) is 19.0 Å². The van der Waals surface area contributed by atoms with Crippen LogP contribution in [0, 0.1) is 0 Å². The van der Waals surface area contributed by atoms with E-state index >= 15 is 0 Å². The van der Waals surface area contributed by atoms with Crippen LogP contribution in [0.1, 0.15) is 30.0 Å². The molecule has 0 atom stereocenters. The van der Waals surface area contributed by atoms with Gasteiger partial charge in [-0.25, -0.2) is 0 Å². The number of hydrogen-bond acceptors (Lipinski definition) is 2. The fraction of sp³-hybridized carbons (Fsp3) is 0.300. The van der Waals surface area contributed by atoms with Crippen molar-refractivity contribution in [1.29, 1.82) is 0 Å². The first-order valence-electron chi connectivity index (χ1n) is 7.91. The summed E-state index contributed by atoms with van der Waals surface area (Å²) in [5.41, 5.74) is 4.53. The number of aliphatic imine (C=N–C) groups is 1. The van der Waals surface area contributed by atoms with E-state index in [1.807, 2.05) is 37.3 Å². The van der Waals surface area contributed by atoms with Gasteiger partial charge in [0.15, 0.2) is 0 Å². The Labute approximate surface area is 138 Å². The van der Waals surface area contributed by atoms with Gasteiger partial charge in [0.1, 0.15) is 0 Å². The highest BCUT2D eigenvalue weighted by atomic mass is 16.2. The molecule has 2 rings (SSSR count). The first kappa shape index (κ1) is 16.9. The van der Waals surface area contributed by atoms with Crippen molar-refractivity contribution in [1.82, 2.24) is 4.90 Å². The second-order valence-corrected chi connectivity index (χ2v) is 5.83. The third-order valence-electron chi connectivity index (χ3n) is 3.86. The van der Waals surface area contributed by atoms with Gasteiger partial charge in [-0.3, -0.25) is 9.79 Å². The van der Waals surface area contributed by atoms with Crippen molar-refractivity contribution in [3.8, 4) is 0 Å². The maximum atomic E-state index is 11.8. The number of carbonyl (C=O) groups is 1. The number of benzene rings is 2. The normalized spacial score (nSPS) is 11.3. The van der Waals surface area contributed by atoms with E-state index in [4.69, 9.17) is 4.99 Å². The number of amides is 1. The van der Waals surface area contributed by atoms with Crippen LogP contribution in [-0.4, -0.2) is 30.6 Å². The number of hydrogen-bond donors (Lipinski definition) is 0. The molecule has 0 spiro atoms. The third-order valence-corrected chi connectivity index (χ3v) is 3.86. The van der Waals surface area contributed by atoms with Gasteiger partial charge in [0.25, 0.3) is 0 Å². The Bertz CT molecular complexity index is 675. The first-order valence-corrected chi connectivity index (χ1v) is 7.91. The Morgan fingerprint density at radius 2 is 1.65 bits per heavy atom. The molecule has 0 bridgehead atoms. The second-order valence-electron chi connectivity index (χ2n) is 5.83. The molecule has 0 fully saturated rings. The predicted octanol–water partition coefficient (Wildman–Crippen LogP) is 3.72. The van der Waals surface area contributed by atoms with E-state index in [-0.39, 0.29) is 5.91 Å². The van der Waals surface area contributed by atoms with Crippen molar-refractivity contribution in [3.63, 3.8) is 0 Å². The molecule has 2 aromatic carbocycles. The van der Waals surface area contributed by atoms with Crippen molar-refractivity contribution in [3.05, 3.63) is 71.3 Å². The highest BCUT2D eigenvalue weighted by Gasteiger charge is 2.09. The topological polar surface area (TPSA) is 32.7 Å². The lowest BCUT2D eigenvalue weighted by Crippen LogP contribution is -2.22. The van der Waals surface area contributed by atoms with E-state index in [0.29, 0.717) is 13.0 Å². The monoisotopic (exact) mass is 308 g/mol. The highest BCUT2D eigenvalue weighted by molar-refractivity contribution is 6.00. The summed E-state index contributed by atoms with van der Waals surface area (Å²) in [7, 11) is 3.58. The van der Waals surface area contributed by atoms with Crippen molar-refractivity contribution < 1.29 is 4.79 Å². The number of aryl methyl sites for hydroxylation is 1. The maximum Gasteiger partial charge on any atom is 0.222 e. The van der Waals surface area contributed by atoms with Crippen molar-refractivity contribution in [2.45, 2.75) is 26.3 Å². The Morgan fingerprint density at radius 1 is 1.00 bits per heavy atom. The first-order chi connectivity index (χ1) is 11.1. The minimum Gasteiger partial charge on any atom is -0.349 e. The Morgan fingerprint density at radius 3 is 2.35 bits per heavy atom. The smallest absolute Gasteiger partial charge is 0.222 e. The molecule has 3 heteroatoms. The SMILES string of the molecule is CC(=NCc1ccccc1)c1ccccc1CCC(=O)N(C)C. The second kappa shape index (κ2) is 8.28. The summed E-state index contributed by atoms with van der Waals surface area (Å²) < 4.78 is 0. The van der Waals surface area contributed by atoms with Crippen LogP contribution < -0.4 is 0 Å². The van der Waals surface area contributed by atoms with E-state index in [0.717, 1.165) is 17.7 Å². The minimum absolute atomic E-state index is 0.152. The summed E-state index contributed by atoms with van der Waals surface area (Å²) in [5.74, 6) is 0.152. The average molecular weight is 308 g/mol. The number of carbonyl (C=O) groups excluding carboxylic acids is 1. The van der Waals surface area contributed by atoms with Crippen LogP contribution in [0.3, 0.4) is 0 Å². The van der Waals surface area contributed by atoms with Gasteiger partial charge in [0.05, 0.1) is 6.54 Å². The number of nitrogens with zero attached hydrogens (tertiary/aromatic N) is 2. The Balaban J connectivity index is 2.10. The molecule has 0 saturated carbocycles. The molecule has 0 radical (unpaired) electrons. The Hall–Kier alpha value is -2.42. The molecule has 0 saturated heterocycles. The van der Waals surface area contributed by atoms with Gasteiger partial charge in [-0.05, 0) is 30.0 Å². The molecule has 0 aromatic heterocycles. The summed E-state index contributed by atoms with van der Waals surface area (Å²) in [6, 6.07) is 18.4. The quantitative estimate of drug-likeness (QED) is 0.749. The van der Waals surface area contributed by atoms with Crippen LogP contribution >= 0.6 is 0 Å². The summed E-state index contributed by atoms with van der Waals surface area (Å²) in [6.45, 7) is 2.72. The van der Waals surface area contributed by atoms with E-state index in [9.17, 15) is 4.79 Å². The Kier molecular flexibility index (Phi) is 6.10. The van der Waals surface area contributed by atoms with Gasteiger partial charge >= 0.3 is 0 Å². The lowest BCUT2D eigenvalue weighted by atomic mass is 9.99. The van der Waals surface area contributed by atoms with Gasteiger partial charge in [-0.2, -0.15) is 0 Å². The molecule has 120 valence electrons. The van der Waals surface area contributed by atoms with Gasteiger partial charge in [0.2, 0.25) is 5.91 Å². The van der Waals surface area contributed by atoms with E-state index < -0.39 is 0 Å². The molecule has 0 heterocycles. The largest absolute Gasteiger partial charge is 0.349 e. The average Bonchev–Trinajstić information content (AvgIpc) is 2.58. The number of rotatable bonds is 6. The molecule has 1 amide bonds. The van der Waals surface area contributed by atoms with Gasteiger partial charge in [0, 0.05) is 26.2 Å². The molecule has 0 aliphatic rings.